The van der Waals surface area contributed by atoms with E-state index in [1.165, 1.54) is 12.1 Å². The van der Waals surface area contributed by atoms with Crippen LogP contribution in [0.4, 0.5) is 10.5 Å². The fraction of sp³-hybridized carbons (Fsp3) is 0. The van der Waals surface area contributed by atoms with Gasteiger partial charge in [0.15, 0.2) is 17.3 Å². The zero-order valence-electron chi connectivity index (χ0n) is 11.5. The van der Waals surface area contributed by atoms with E-state index in [0.717, 1.165) is 6.07 Å². The molecule has 0 saturated heterocycles. The van der Waals surface area contributed by atoms with Crippen molar-refractivity contribution in [3.05, 3.63) is 55.5 Å². The van der Waals surface area contributed by atoms with Crippen LogP contribution >= 0.6 is 34.8 Å². The molecule has 24 heavy (non-hydrogen) atoms. The Balaban J connectivity index is 2.37. The molecule has 0 unspecified atom stereocenters. The van der Waals surface area contributed by atoms with Crippen molar-refractivity contribution >= 4 is 58.2 Å². The molecule has 9 heteroatoms. The van der Waals surface area contributed by atoms with Gasteiger partial charge in [0.25, 0.3) is 0 Å². The number of hydrogen-bond donors (Lipinski definition) is 2. The Kier molecular flexibility index (Phi) is 3.91. The molecule has 0 fully saturated rings. The predicted octanol–water partition coefficient (Wildman–Crippen LogP) is 4.06. The van der Waals surface area contributed by atoms with Crippen LogP contribution < -0.4 is 10.5 Å². The van der Waals surface area contributed by atoms with Gasteiger partial charge in [-0.05, 0) is 12.1 Å². The highest BCUT2D eigenvalue weighted by Crippen LogP contribution is 2.43. The summed E-state index contributed by atoms with van der Waals surface area (Å²) in [6, 6.07) is 3.81. The molecule has 0 atom stereocenters. The third kappa shape index (κ3) is 2.31. The highest BCUT2D eigenvalue weighted by Gasteiger charge is 2.37. The van der Waals surface area contributed by atoms with Crippen molar-refractivity contribution in [1.29, 1.82) is 0 Å². The van der Waals surface area contributed by atoms with Gasteiger partial charge in [-0.25, -0.2) is 4.79 Å². The number of halogens is 3. The number of benzene rings is 2. The lowest BCUT2D eigenvalue weighted by atomic mass is 9.83. The quantitative estimate of drug-likeness (QED) is 0.371. The number of carbonyl (C=O) groups is 3. The summed E-state index contributed by atoms with van der Waals surface area (Å²) in [5, 5.41) is 8.60. The number of nitrogen functional groups attached to an aromatic ring is 1. The highest BCUT2D eigenvalue weighted by molar-refractivity contribution is 6.46. The maximum absolute atomic E-state index is 12.8. The van der Waals surface area contributed by atoms with E-state index in [1.54, 1.807) is 0 Å². The summed E-state index contributed by atoms with van der Waals surface area (Å²) in [6.45, 7) is 0. The molecule has 6 nitrogen and oxygen atoms in total. The molecule has 2 aromatic carbocycles. The van der Waals surface area contributed by atoms with Crippen molar-refractivity contribution in [3.63, 3.8) is 0 Å². The fourth-order valence-electron chi connectivity index (χ4n) is 2.52. The Bertz CT molecular complexity index is 955. The zero-order valence-corrected chi connectivity index (χ0v) is 13.8. The SMILES string of the molecule is Nc1c(OC(=O)O)cc(Cl)c2c1C(=O)c1c(Cl)ccc(Cl)c1C2=O. The average Bonchev–Trinajstić information content (AvgIpc) is 2.49. The molecule has 0 heterocycles. The van der Waals surface area contributed by atoms with E-state index in [0.29, 0.717) is 0 Å². The van der Waals surface area contributed by atoms with Crippen LogP contribution in [0.15, 0.2) is 18.2 Å². The van der Waals surface area contributed by atoms with Gasteiger partial charge < -0.3 is 15.6 Å². The number of carboxylic acid groups (broad SMARTS) is 1. The van der Waals surface area contributed by atoms with Gasteiger partial charge in [-0.2, -0.15) is 0 Å². The molecule has 0 aliphatic heterocycles. The summed E-state index contributed by atoms with van der Waals surface area (Å²) in [7, 11) is 0. The molecule has 0 radical (unpaired) electrons. The first-order chi connectivity index (χ1) is 11.2. The number of ether oxygens (including phenoxy) is 1. The number of hydrogen-bond acceptors (Lipinski definition) is 5. The van der Waals surface area contributed by atoms with Crippen LogP contribution in [0.3, 0.4) is 0 Å². The normalized spacial score (nSPS) is 12.6. The number of carbonyl (C=O) groups excluding carboxylic acids is 2. The summed E-state index contributed by atoms with van der Waals surface area (Å²) in [6.07, 6.45) is -1.64. The molecular weight excluding hydrogens is 381 g/mol. The summed E-state index contributed by atoms with van der Waals surface area (Å²) in [4.78, 5) is 36.3. The molecule has 1 aliphatic carbocycles. The van der Waals surface area contributed by atoms with Crippen LogP contribution in [-0.2, 0) is 0 Å². The lowest BCUT2D eigenvalue weighted by Gasteiger charge is -2.22. The van der Waals surface area contributed by atoms with E-state index in [9.17, 15) is 14.4 Å². The first-order valence-corrected chi connectivity index (χ1v) is 7.47. The van der Waals surface area contributed by atoms with E-state index in [2.05, 4.69) is 4.74 Å². The minimum absolute atomic E-state index is 0.0125. The number of rotatable bonds is 1. The van der Waals surface area contributed by atoms with Crippen molar-refractivity contribution in [1.82, 2.24) is 0 Å². The topological polar surface area (TPSA) is 107 Å². The van der Waals surface area contributed by atoms with Gasteiger partial charge in [0.05, 0.1) is 43.0 Å². The van der Waals surface area contributed by atoms with Crippen molar-refractivity contribution in [3.8, 4) is 5.75 Å². The Hall–Kier alpha value is -2.28. The van der Waals surface area contributed by atoms with Gasteiger partial charge >= 0.3 is 6.16 Å². The van der Waals surface area contributed by atoms with Gasteiger partial charge in [0, 0.05) is 6.07 Å². The van der Waals surface area contributed by atoms with E-state index >= 15 is 0 Å². The van der Waals surface area contributed by atoms with Gasteiger partial charge in [0.1, 0.15) is 0 Å². The Morgan fingerprint density at radius 2 is 1.38 bits per heavy atom. The van der Waals surface area contributed by atoms with Crippen molar-refractivity contribution in [2.24, 2.45) is 0 Å². The van der Waals surface area contributed by atoms with Gasteiger partial charge in [-0.15, -0.1) is 0 Å². The largest absolute Gasteiger partial charge is 0.511 e. The molecule has 0 spiro atoms. The van der Waals surface area contributed by atoms with Crippen molar-refractivity contribution < 1.29 is 24.2 Å². The number of ketones is 2. The predicted molar refractivity (Wildman–Crippen MR) is 87.8 cm³/mol. The smallest absolute Gasteiger partial charge is 0.449 e. The third-order valence-corrected chi connectivity index (χ3v) is 4.42. The minimum Gasteiger partial charge on any atom is -0.449 e. The second-order valence-electron chi connectivity index (χ2n) is 4.83. The van der Waals surface area contributed by atoms with Crippen LogP contribution in [0.1, 0.15) is 31.8 Å². The lowest BCUT2D eigenvalue weighted by molar-refractivity contribution is 0.0979. The lowest BCUT2D eigenvalue weighted by Crippen LogP contribution is -2.24. The van der Waals surface area contributed by atoms with Gasteiger partial charge in [0.2, 0.25) is 0 Å². The minimum atomic E-state index is -1.64. The monoisotopic (exact) mass is 385 g/mol. The molecule has 0 amide bonds. The molecule has 1 aliphatic rings. The second kappa shape index (κ2) is 5.66. The molecule has 3 N–H and O–H groups in total. The Labute approximate surface area is 149 Å². The summed E-state index contributed by atoms with van der Waals surface area (Å²) >= 11 is 18.1. The van der Waals surface area contributed by atoms with Crippen LogP contribution in [0.25, 0.3) is 0 Å². The van der Waals surface area contributed by atoms with E-state index in [4.69, 9.17) is 45.6 Å². The molecule has 0 aromatic heterocycles. The van der Waals surface area contributed by atoms with E-state index in [1.807, 2.05) is 0 Å². The molecule has 2 aromatic rings. The number of anilines is 1. The van der Waals surface area contributed by atoms with E-state index in [-0.39, 0.29) is 48.8 Å². The van der Waals surface area contributed by atoms with Gasteiger partial charge in [-0.1, -0.05) is 34.8 Å². The maximum atomic E-state index is 12.8. The summed E-state index contributed by atoms with van der Waals surface area (Å²) in [5.74, 6) is -1.68. The van der Waals surface area contributed by atoms with Crippen molar-refractivity contribution in [2.75, 3.05) is 5.73 Å². The molecule has 0 saturated carbocycles. The van der Waals surface area contributed by atoms with Crippen molar-refractivity contribution in [2.45, 2.75) is 0 Å². The summed E-state index contributed by atoms with van der Waals surface area (Å²) < 4.78 is 4.50. The average molecular weight is 387 g/mol. The summed E-state index contributed by atoms with van der Waals surface area (Å²) in [5.41, 5.74) is 4.88. The molecular formula is C15H6Cl3NO5. The van der Waals surface area contributed by atoms with Crippen LogP contribution in [0.5, 0.6) is 5.75 Å². The first kappa shape index (κ1) is 16.6. The second-order valence-corrected chi connectivity index (χ2v) is 6.05. The molecule has 3 rings (SSSR count). The van der Waals surface area contributed by atoms with Crippen LogP contribution in [-0.4, -0.2) is 22.8 Å². The van der Waals surface area contributed by atoms with Crippen LogP contribution in [0.2, 0.25) is 15.1 Å². The fourth-order valence-corrected chi connectivity index (χ4v) is 3.29. The third-order valence-electron chi connectivity index (χ3n) is 3.49. The number of nitrogens with two attached hydrogens (primary N) is 1. The van der Waals surface area contributed by atoms with Gasteiger partial charge in [-0.3, -0.25) is 9.59 Å². The first-order valence-electron chi connectivity index (χ1n) is 6.34. The number of fused-ring (bicyclic) bond motifs is 2. The molecule has 0 bridgehead atoms. The standard InChI is InChI=1S/C15H6Cl3NO5/c16-4-1-2-5(17)9-8(4)13(20)10-6(18)3-7(24-15(22)23)12(19)11(10)14(9)21/h1-3H,19H2,(H,22,23). The molecule has 122 valence electrons. The Morgan fingerprint density at radius 3 is 1.88 bits per heavy atom. The Morgan fingerprint density at radius 1 is 0.917 bits per heavy atom. The maximum Gasteiger partial charge on any atom is 0.511 e. The highest BCUT2D eigenvalue weighted by atomic mass is 35.5. The van der Waals surface area contributed by atoms with Crippen LogP contribution in [0, 0.1) is 0 Å². The zero-order chi connectivity index (χ0) is 17.8. The van der Waals surface area contributed by atoms with E-state index < -0.39 is 17.7 Å².